The Labute approximate surface area is 67.4 Å². The van der Waals surface area contributed by atoms with Gasteiger partial charge in [-0.2, -0.15) is 0 Å². The molecule has 12 heavy (non-hydrogen) atoms. The van der Waals surface area contributed by atoms with Crippen molar-refractivity contribution in [1.82, 2.24) is 0 Å². The monoisotopic (exact) mass is 164 g/mol. The SMILES string of the molecule is O=C(O)C1=C2C=CC=C2OC1=O. The maximum atomic E-state index is 10.9. The molecule has 0 fully saturated rings. The van der Waals surface area contributed by atoms with Crippen LogP contribution in [0.3, 0.4) is 0 Å². The van der Waals surface area contributed by atoms with Crippen molar-refractivity contribution in [3.05, 3.63) is 35.1 Å². The Kier molecular flexibility index (Phi) is 1.18. The molecule has 2 rings (SSSR count). The number of rotatable bonds is 1. The van der Waals surface area contributed by atoms with Crippen molar-refractivity contribution in [3.8, 4) is 0 Å². The Bertz CT molecular complexity index is 371. The van der Waals surface area contributed by atoms with E-state index in [1.165, 1.54) is 0 Å². The van der Waals surface area contributed by atoms with Gasteiger partial charge in [-0.1, -0.05) is 6.08 Å². The van der Waals surface area contributed by atoms with Gasteiger partial charge >= 0.3 is 11.9 Å². The van der Waals surface area contributed by atoms with Gasteiger partial charge in [0.05, 0.1) is 0 Å². The second-order valence-corrected chi connectivity index (χ2v) is 2.37. The number of carboxylic acids is 1. The zero-order valence-corrected chi connectivity index (χ0v) is 5.90. The second kappa shape index (κ2) is 2.07. The lowest BCUT2D eigenvalue weighted by atomic mass is 10.1. The van der Waals surface area contributed by atoms with Gasteiger partial charge in [0.15, 0.2) is 5.57 Å². The van der Waals surface area contributed by atoms with Crippen LogP contribution in [0.2, 0.25) is 0 Å². The fourth-order valence-corrected chi connectivity index (χ4v) is 1.16. The van der Waals surface area contributed by atoms with Crippen LogP contribution >= 0.6 is 0 Å². The van der Waals surface area contributed by atoms with Gasteiger partial charge in [-0.15, -0.1) is 0 Å². The number of esters is 1. The van der Waals surface area contributed by atoms with E-state index in [2.05, 4.69) is 4.74 Å². The number of allylic oxidation sites excluding steroid dienone is 3. The average Bonchev–Trinajstić information content (AvgIpc) is 2.44. The van der Waals surface area contributed by atoms with Gasteiger partial charge in [0, 0.05) is 5.57 Å². The van der Waals surface area contributed by atoms with E-state index in [0.717, 1.165) is 0 Å². The minimum absolute atomic E-state index is 0.282. The Hall–Kier alpha value is -1.84. The molecule has 0 unspecified atom stereocenters. The van der Waals surface area contributed by atoms with Crippen LogP contribution in [0.1, 0.15) is 0 Å². The normalized spacial score (nSPS) is 19.3. The number of aliphatic carboxylic acids is 1. The van der Waals surface area contributed by atoms with Crippen LogP contribution in [0.15, 0.2) is 35.1 Å². The Balaban J connectivity index is 2.59. The molecular formula is C8H4O4. The maximum Gasteiger partial charge on any atom is 0.351 e. The highest BCUT2D eigenvalue weighted by Gasteiger charge is 2.34. The van der Waals surface area contributed by atoms with Gasteiger partial charge in [-0.3, -0.25) is 0 Å². The number of hydrogen-bond donors (Lipinski definition) is 1. The lowest BCUT2D eigenvalue weighted by Gasteiger charge is -1.90. The fraction of sp³-hybridized carbons (Fsp3) is 0. The smallest absolute Gasteiger partial charge is 0.351 e. The van der Waals surface area contributed by atoms with E-state index in [4.69, 9.17) is 5.11 Å². The Morgan fingerprint density at radius 1 is 1.50 bits per heavy atom. The lowest BCUT2D eigenvalue weighted by molar-refractivity contribution is -0.139. The molecule has 2 aliphatic rings. The molecule has 0 saturated heterocycles. The minimum Gasteiger partial charge on any atom is -0.477 e. The minimum atomic E-state index is -1.25. The topological polar surface area (TPSA) is 63.6 Å². The van der Waals surface area contributed by atoms with Crippen LogP contribution < -0.4 is 0 Å². The summed E-state index contributed by atoms with van der Waals surface area (Å²) in [4.78, 5) is 21.4. The first-order chi connectivity index (χ1) is 5.70. The largest absolute Gasteiger partial charge is 0.477 e. The molecule has 0 radical (unpaired) electrons. The van der Waals surface area contributed by atoms with E-state index in [1.807, 2.05) is 0 Å². The third-order valence-corrected chi connectivity index (χ3v) is 1.67. The van der Waals surface area contributed by atoms with E-state index in [1.54, 1.807) is 18.2 Å². The van der Waals surface area contributed by atoms with Gasteiger partial charge in [-0.05, 0) is 12.2 Å². The van der Waals surface area contributed by atoms with Crippen molar-refractivity contribution in [2.45, 2.75) is 0 Å². The third-order valence-electron chi connectivity index (χ3n) is 1.67. The molecule has 1 heterocycles. The van der Waals surface area contributed by atoms with E-state index >= 15 is 0 Å². The Morgan fingerprint density at radius 2 is 2.25 bits per heavy atom. The predicted octanol–water partition coefficient (Wildman–Crippen LogP) is 0.378. The molecule has 0 aromatic carbocycles. The molecule has 0 aromatic rings. The summed E-state index contributed by atoms with van der Waals surface area (Å²) in [5.74, 6) is -1.70. The van der Waals surface area contributed by atoms with Crippen molar-refractivity contribution in [1.29, 1.82) is 0 Å². The molecule has 0 saturated carbocycles. The van der Waals surface area contributed by atoms with Crippen molar-refractivity contribution in [2.75, 3.05) is 0 Å². The highest BCUT2D eigenvalue weighted by Crippen LogP contribution is 2.30. The highest BCUT2D eigenvalue weighted by molar-refractivity contribution is 6.17. The third kappa shape index (κ3) is 0.717. The van der Waals surface area contributed by atoms with Crippen LogP contribution in [0.25, 0.3) is 0 Å². The first kappa shape index (κ1) is 6.84. The summed E-state index contributed by atoms with van der Waals surface area (Å²) < 4.78 is 4.66. The molecule has 4 nitrogen and oxygen atoms in total. The molecule has 0 atom stereocenters. The van der Waals surface area contributed by atoms with Crippen LogP contribution in [0.5, 0.6) is 0 Å². The van der Waals surface area contributed by atoms with Gasteiger partial charge in [0.2, 0.25) is 0 Å². The van der Waals surface area contributed by atoms with Gasteiger partial charge in [0.1, 0.15) is 5.76 Å². The number of carbonyl (C=O) groups excluding carboxylic acids is 1. The molecule has 1 aliphatic heterocycles. The summed E-state index contributed by atoms with van der Waals surface area (Å²) in [6.45, 7) is 0. The van der Waals surface area contributed by atoms with Gasteiger partial charge in [0.25, 0.3) is 0 Å². The van der Waals surface area contributed by atoms with Crippen LogP contribution in [0.4, 0.5) is 0 Å². The molecule has 0 spiro atoms. The van der Waals surface area contributed by atoms with E-state index < -0.39 is 11.9 Å². The summed E-state index contributed by atoms with van der Waals surface area (Å²) in [6, 6.07) is 0. The van der Waals surface area contributed by atoms with E-state index in [0.29, 0.717) is 11.3 Å². The lowest BCUT2D eigenvalue weighted by Crippen LogP contribution is -2.09. The van der Waals surface area contributed by atoms with Crippen LogP contribution in [-0.4, -0.2) is 17.0 Å². The number of carboxylic acid groups (broad SMARTS) is 1. The van der Waals surface area contributed by atoms with Crippen molar-refractivity contribution >= 4 is 11.9 Å². The van der Waals surface area contributed by atoms with Crippen molar-refractivity contribution < 1.29 is 19.4 Å². The summed E-state index contributed by atoms with van der Waals surface area (Å²) in [5.41, 5.74) is 0.0856. The molecule has 1 aliphatic carbocycles. The van der Waals surface area contributed by atoms with E-state index in [-0.39, 0.29) is 5.57 Å². The first-order valence-corrected chi connectivity index (χ1v) is 3.28. The second-order valence-electron chi connectivity index (χ2n) is 2.37. The van der Waals surface area contributed by atoms with Gasteiger partial charge < -0.3 is 9.84 Å². The zero-order chi connectivity index (χ0) is 8.72. The van der Waals surface area contributed by atoms with E-state index in [9.17, 15) is 9.59 Å². The Morgan fingerprint density at radius 3 is 2.92 bits per heavy atom. The number of carbonyl (C=O) groups is 2. The van der Waals surface area contributed by atoms with Crippen molar-refractivity contribution in [2.24, 2.45) is 0 Å². The molecule has 1 N–H and O–H groups in total. The highest BCUT2D eigenvalue weighted by atomic mass is 16.5. The van der Waals surface area contributed by atoms with Crippen LogP contribution in [-0.2, 0) is 14.3 Å². The number of ether oxygens (including phenoxy) is 1. The molecule has 0 bridgehead atoms. The summed E-state index contributed by atoms with van der Waals surface area (Å²) >= 11 is 0. The zero-order valence-electron chi connectivity index (χ0n) is 5.90. The maximum absolute atomic E-state index is 10.9. The summed E-state index contributed by atoms with van der Waals surface area (Å²) in [5, 5.41) is 8.61. The van der Waals surface area contributed by atoms with Crippen LogP contribution in [0, 0.1) is 0 Å². The standard InChI is InChI=1S/C8H4O4/c9-7(10)6-4-2-1-3-5(4)12-8(6)11/h1-3H,(H,9,10). The van der Waals surface area contributed by atoms with Gasteiger partial charge in [-0.25, -0.2) is 9.59 Å². The molecule has 4 heteroatoms. The fourth-order valence-electron chi connectivity index (χ4n) is 1.16. The molecule has 0 amide bonds. The number of fused-ring (bicyclic) bond motifs is 1. The average molecular weight is 164 g/mol. The summed E-state index contributed by atoms with van der Waals surface area (Å²) in [7, 11) is 0. The first-order valence-electron chi connectivity index (χ1n) is 3.28. The molecule has 60 valence electrons. The van der Waals surface area contributed by atoms with Crippen molar-refractivity contribution in [3.63, 3.8) is 0 Å². The molecular weight excluding hydrogens is 160 g/mol. The predicted molar refractivity (Wildman–Crippen MR) is 38.0 cm³/mol. The quantitative estimate of drug-likeness (QED) is 0.449. The summed E-state index contributed by atoms with van der Waals surface area (Å²) in [6.07, 6.45) is 4.74. The number of hydrogen-bond acceptors (Lipinski definition) is 3. The molecule has 0 aromatic heterocycles.